The van der Waals surface area contributed by atoms with Gasteiger partial charge in [0.25, 0.3) is 0 Å². The van der Waals surface area contributed by atoms with Crippen molar-refractivity contribution in [2.75, 3.05) is 0 Å². The Kier molecular flexibility index (Phi) is 1.88. The van der Waals surface area contributed by atoms with Crippen LogP contribution in [0.15, 0.2) is 18.5 Å². The fourth-order valence-electron chi connectivity index (χ4n) is 1.99. The fraction of sp³-hybridized carbons (Fsp3) is 0.545. The molecular weight excluding hydrogens is 160 g/mol. The van der Waals surface area contributed by atoms with E-state index >= 15 is 0 Å². The Labute approximate surface area is 79.2 Å². The molecule has 2 rings (SSSR count). The molecule has 2 unspecified atom stereocenters. The van der Waals surface area contributed by atoms with Crippen LogP contribution in [0.1, 0.15) is 31.4 Å². The molecule has 2 atom stereocenters. The van der Waals surface area contributed by atoms with E-state index in [1.165, 1.54) is 11.1 Å². The lowest BCUT2D eigenvalue weighted by atomic mass is 9.98. The van der Waals surface area contributed by atoms with E-state index in [0.717, 1.165) is 12.8 Å². The van der Waals surface area contributed by atoms with Gasteiger partial charge >= 0.3 is 0 Å². The first-order valence-electron chi connectivity index (χ1n) is 4.90. The zero-order chi connectivity index (χ0) is 9.47. The monoisotopic (exact) mass is 176 g/mol. The average Bonchev–Trinajstić information content (AvgIpc) is 2.76. The molecule has 0 amide bonds. The van der Waals surface area contributed by atoms with Gasteiger partial charge in [0.1, 0.15) is 0 Å². The highest BCUT2D eigenvalue weighted by atomic mass is 14.9. The van der Waals surface area contributed by atoms with Crippen molar-refractivity contribution in [1.29, 1.82) is 0 Å². The maximum absolute atomic E-state index is 6.26. The van der Waals surface area contributed by atoms with E-state index in [4.69, 9.17) is 5.73 Å². The number of hydrogen-bond acceptors (Lipinski definition) is 2. The summed E-state index contributed by atoms with van der Waals surface area (Å²) in [5, 5.41) is 0. The lowest BCUT2D eigenvalue weighted by Crippen LogP contribution is -2.23. The third-order valence-corrected chi connectivity index (χ3v) is 3.15. The summed E-state index contributed by atoms with van der Waals surface area (Å²) in [7, 11) is 0. The summed E-state index contributed by atoms with van der Waals surface area (Å²) in [5.41, 5.74) is 8.82. The van der Waals surface area contributed by atoms with E-state index in [-0.39, 0.29) is 5.54 Å². The molecule has 1 fully saturated rings. The van der Waals surface area contributed by atoms with Crippen molar-refractivity contribution in [3.63, 3.8) is 0 Å². The summed E-state index contributed by atoms with van der Waals surface area (Å²) in [4.78, 5) is 4.13. The molecule has 13 heavy (non-hydrogen) atoms. The maximum atomic E-state index is 6.26. The van der Waals surface area contributed by atoms with Crippen LogP contribution >= 0.6 is 0 Å². The molecule has 0 saturated heterocycles. The van der Waals surface area contributed by atoms with E-state index in [0.29, 0.717) is 5.92 Å². The SMILES string of the molecule is CCc1cnccc1C1(N)CC1C. The first-order valence-corrected chi connectivity index (χ1v) is 4.90. The minimum Gasteiger partial charge on any atom is -0.321 e. The molecule has 2 heteroatoms. The molecule has 0 aromatic carbocycles. The van der Waals surface area contributed by atoms with Crippen molar-refractivity contribution >= 4 is 0 Å². The van der Waals surface area contributed by atoms with Crippen LogP contribution in [0, 0.1) is 5.92 Å². The highest BCUT2D eigenvalue weighted by Crippen LogP contribution is 2.49. The quantitative estimate of drug-likeness (QED) is 0.746. The van der Waals surface area contributed by atoms with E-state index in [9.17, 15) is 0 Å². The smallest absolute Gasteiger partial charge is 0.0443 e. The number of pyridine rings is 1. The lowest BCUT2D eigenvalue weighted by molar-refractivity contribution is 0.654. The van der Waals surface area contributed by atoms with Crippen molar-refractivity contribution in [3.05, 3.63) is 29.6 Å². The number of nitrogens with two attached hydrogens (primary N) is 1. The Bertz CT molecular complexity index is 322. The van der Waals surface area contributed by atoms with E-state index in [2.05, 4.69) is 24.9 Å². The molecule has 0 aliphatic heterocycles. The van der Waals surface area contributed by atoms with Gasteiger partial charge in [0.2, 0.25) is 0 Å². The normalized spacial score (nSPS) is 31.8. The number of aromatic nitrogens is 1. The highest BCUT2D eigenvalue weighted by Gasteiger charge is 2.49. The Balaban J connectivity index is 2.40. The zero-order valence-corrected chi connectivity index (χ0v) is 8.25. The van der Waals surface area contributed by atoms with Crippen molar-refractivity contribution in [3.8, 4) is 0 Å². The summed E-state index contributed by atoms with van der Waals surface area (Å²) >= 11 is 0. The third-order valence-electron chi connectivity index (χ3n) is 3.15. The predicted octanol–water partition coefficient (Wildman–Crippen LogP) is 1.84. The van der Waals surface area contributed by atoms with Gasteiger partial charge in [-0.05, 0) is 36.0 Å². The van der Waals surface area contributed by atoms with Gasteiger partial charge in [0.15, 0.2) is 0 Å². The molecule has 0 radical (unpaired) electrons. The standard InChI is InChI=1S/C11H16N2/c1-3-9-7-13-5-4-10(9)11(12)6-8(11)2/h4-5,7-8H,3,6,12H2,1-2H3. The molecule has 2 nitrogen and oxygen atoms in total. The van der Waals surface area contributed by atoms with Crippen molar-refractivity contribution < 1.29 is 0 Å². The van der Waals surface area contributed by atoms with Gasteiger partial charge in [-0.15, -0.1) is 0 Å². The Morgan fingerprint density at radius 2 is 2.38 bits per heavy atom. The van der Waals surface area contributed by atoms with Gasteiger partial charge in [-0.3, -0.25) is 4.98 Å². The molecule has 0 spiro atoms. The van der Waals surface area contributed by atoms with Crippen molar-refractivity contribution in [2.24, 2.45) is 11.7 Å². The molecule has 70 valence electrons. The average molecular weight is 176 g/mol. The molecule has 1 aliphatic carbocycles. The predicted molar refractivity (Wildman–Crippen MR) is 53.3 cm³/mol. The van der Waals surface area contributed by atoms with Crippen LogP contribution in [0.5, 0.6) is 0 Å². The summed E-state index contributed by atoms with van der Waals surface area (Å²) in [6.45, 7) is 4.36. The van der Waals surface area contributed by atoms with Crippen LogP contribution in [-0.2, 0) is 12.0 Å². The van der Waals surface area contributed by atoms with Gasteiger partial charge in [0.05, 0.1) is 0 Å². The molecule has 1 aliphatic rings. The van der Waals surface area contributed by atoms with Crippen LogP contribution < -0.4 is 5.73 Å². The van der Waals surface area contributed by atoms with Gasteiger partial charge < -0.3 is 5.73 Å². The second kappa shape index (κ2) is 2.81. The van der Waals surface area contributed by atoms with Crippen LogP contribution in [-0.4, -0.2) is 4.98 Å². The minimum atomic E-state index is -0.0473. The van der Waals surface area contributed by atoms with Crippen molar-refractivity contribution in [1.82, 2.24) is 4.98 Å². The van der Waals surface area contributed by atoms with Gasteiger partial charge in [-0.25, -0.2) is 0 Å². The summed E-state index contributed by atoms with van der Waals surface area (Å²) in [5.74, 6) is 0.625. The molecule has 1 aromatic heterocycles. The largest absolute Gasteiger partial charge is 0.321 e. The molecule has 0 bridgehead atoms. The first kappa shape index (κ1) is 8.70. The van der Waals surface area contributed by atoms with Crippen LogP contribution in [0.2, 0.25) is 0 Å². The fourth-order valence-corrected chi connectivity index (χ4v) is 1.99. The van der Waals surface area contributed by atoms with E-state index < -0.39 is 0 Å². The number of rotatable bonds is 2. The Morgan fingerprint density at radius 1 is 1.69 bits per heavy atom. The van der Waals surface area contributed by atoms with Crippen molar-refractivity contribution in [2.45, 2.75) is 32.2 Å². The van der Waals surface area contributed by atoms with Crippen LogP contribution in [0.3, 0.4) is 0 Å². The molecule has 2 N–H and O–H groups in total. The molecule has 1 saturated carbocycles. The Hall–Kier alpha value is -0.890. The second-order valence-corrected chi connectivity index (χ2v) is 4.03. The maximum Gasteiger partial charge on any atom is 0.0443 e. The van der Waals surface area contributed by atoms with Gasteiger partial charge in [0, 0.05) is 17.9 Å². The number of hydrogen-bond donors (Lipinski definition) is 1. The minimum absolute atomic E-state index is 0.0473. The summed E-state index contributed by atoms with van der Waals surface area (Å²) in [6.07, 6.45) is 5.92. The van der Waals surface area contributed by atoms with Crippen LogP contribution in [0.25, 0.3) is 0 Å². The zero-order valence-electron chi connectivity index (χ0n) is 8.25. The third kappa shape index (κ3) is 1.25. The lowest BCUT2D eigenvalue weighted by Gasteiger charge is -2.14. The molecule has 1 heterocycles. The summed E-state index contributed by atoms with van der Waals surface area (Å²) < 4.78 is 0. The molecular formula is C11H16N2. The topological polar surface area (TPSA) is 38.9 Å². The number of aryl methyl sites for hydroxylation is 1. The second-order valence-electron chi connectivity index (χ2n) is 4.03. The first-order chi connectivity index (χ1) is 6.18. The van der Waals surface area contributed by atoms with E-state index in [1.807, 2.05) is 12.4 Å². The van der Waals surface area contributed by atoms with Gasteiger partial charge in [-0.1, -0.05) is 13.8 Å². The Morgan fingerprint density at radius 3 is 2.92 bits per heavy atom. The summed E-state index contributed by atoms with van der Waals surface area (Å²) in [6, 6.07) is 2.07. The molecule has 1 aromatic rings. The van der Waals surface area contributed by atoms with Gasteiger partial charge in [-0.2, -0.15) is 0 Å². The highest BCUT2D eigenvalue weighted by molar-refractivity contribution is 5.36. The van der Waals surface area contributed by atoms with Crippen LogP contribution in [0.4, 0.5) is 0 Å². The van der Waals surface area contributed by atoms with E-state index in [1.54, 1.807) is 0 Å². The number of nitrogens with zero attached hydrogens (tertiary/aromatic N) is 1.